The minimum absolute atomic E-state index is 0.0799. The lowest BCUT2D eigenvalue weighted by Crippen LogP contribution is -2.62. The number of amides is 2. The van der Waals surface area contributed by atoms with E-state index in [1.807, 2.05) is 50.2 Å². The van der Waals surface area contributed by atoms with Crippen LogP contribution in [0.15, 0.2) is 48.5 Å². The maximum absolute atomic E-state index is 13.4. The van der Waals surface area contributed by atoms with Gasteiger partial charge in [0.25, 0.3) is 0 Å². The average molecular weight is 465 g/mol. The van der Waals surface area contributed by atoms with Crippen molar-refractivity contribution < 1.29 is 24.2 Å². The predicted octanol–water partition coefficient (Wildman–Crippen LogP) is 4.41. The van der Waals surface area contributed by atoms with E-state index in [1.165, 1.54) is 4.90 Å². The van der Waals surface area contributed by atoms with Gasteiger partial charge in [0.05, 0.1) is 0 Å². The first-order valence-corrected chi connectivity index (χ1v) is 11.9. The zero-order valence-corrected chi connectivity index (χ0v) is 19.9. The summed E-state index contributed by atoms with van der Waals surface area (Å²) in [5, 5.41) is 12.5. The molecule has 0 spiro atoms. The molecule has 7 heteroatoms. The van der Waals surface area contributed by atoms with Crippen LogP contribution in [0.3, 0.4) is 0 Å². The van der Waals surface area contributed by atoms with Gasteiger partial charge in [0.2, 0.25) is 5.91 Å². The first-order chi connectivity index (χ1) is 16.2. The topological polar surface area (TPSA) is 95.9 Å². The Morgan fingerprint density at radius 3 is 2.21 bits per heavy atom. The summed E-state index contributed by atoms with van der Waals surface area (Å²) in [4.78, 5) is 39.5. The third-order valence-corrected chi connectivity index (χ3v) is 7.17. The highest BCUT2D eigenvalue weighted by atomic mass is 16.5. The number of nitrogens with one attached hydrogen (secondary N) is 1. The molecule has 180 valence electrons. The van der Waals surface area contributed by atoms with Gasteiger partial charge in [-0.15, -0.1) is 0 Å². The van der Waals surface area contributed by atoms with Crippen LogP contribution in [0.2, 0.25) is 0 Å². The molecule has 0 aromatic heterocycles. The van der Waals surface area contributed by atoms with Crippen molar-refractivity contribution in [3.8, 4) is 11.1 Å². The van der Waals surface area contributed by atoms with Crippen molar-refractivity contribution in [2.45, 2.75) is 57.5 Å². The van der Waals surface area contributed by atoms with E-state index < -0.39 is 23.6 Å². The van der Waals surface area contributed by atoms with Gasteiger partial charge in [-0.1, -0.05) is 62.4 Å². The monoisotopic (exact) mass is 464 g/mol. The molecule has 2 aliphatic rings. The fourth-order valence-electron chi connectivity index (χ4n) is 5.15. The zero-order valence-electron chi connectivity index (χ0n) is 19.9. The average Bonchev–Trinajstić information content (AvgIpc) is 3.14. The summed E-state index contributed by atoms with van der Waals surface area (Å²) in [7, 11) is 0. The maximum Gasteiger partial charge on any atom is 0.407 e. The van der Waals surface area contributed by atoms with Gasteiger partial charge in [-0.3, -0.25) is 4.79 Å². The third kappa shape index (κ3) is 4.27. The van der Waals surface area contributed by atoms with Gasteiger partial charge in [-0.2, -0.15) is 0 Å². The molecule has 1 aliphatic carbocycles. The molecule has 0 saturated carbocycles. The molecule has 1 fully saturated rings. The van der Waals surface area contributed by atoms with Crippen molar-refractivity contribution in [1.82, 2.24) is 10.2 Å². The summed E-state index contributed by atoms with van der Waals surface area (Å²) in [6.07, 6.45) is 1.20. The number of fused-ring (bicyclic) bond motifs is 3. The molecular formula is C27H32N2O5. The molecule has 1 saturated heterocycles. The molecule has 2 unspecified atom stereocenters. The summed E-state index contributed by atoms with van der Waals surface area (Å²) >= 11 is 0. The number of carbonyl (C=O) groups excluding carboxylic acids is 2. The van der Waals surface area contributed by atoms with Crippen molar-refractivity contribution in [2.75, 3.05) is 13.2 Å². The highest BCUT2D eigenvalue weighted by molar-refractivity contribution is 5.91. The Morgan fingerprint density at radius 2 is 1.65 bits per heavy atom. The number of nitrogens with zero attached hydrogens (tertiary/aromatic N) is 1. The maximum atomic E-state index is 13.4. The number of piperidine rings is 1. The van der Waals surface area contributed by atoms with Crippen molar-refractivity contribution in [2.24, 2.45) is 5.92 Å². The molecule has 1 aliphatic heterocycles. The molecule has 2 amide bonds. The zero-order chi connectivity index (χ0) is 24.5. The van der Waals surface area contributed by atoms with Crippen LogP contribution in [0.25, 0.3) is 11.1 Å². The Hall–Kier alpha value is -3.35. The molecular weight excluding hydrogens is 432 g/mol. The van der Waals surface area contributed by atoms with E-state index >= 15 is 0 Å². The van der Waals surface area contributed by atoms with Gasteiger partial charge in [0.1, 0.15) is 18.2 Å². The number of alkyl carbamates (subject to hydrolysis) is 1. The second-order valence-corrected chi connectivity index (χ2v) is 9.72. The Kier molecular flexibility index (Phi) is 6.64. The second-order valence-electron chi connectivity index (χ2n) is 9.72. The van der Waals surface area contributed by atoms with E-state index in [-0.39, 0.29) is 24.3 Å². The number of benzene rings is 2. The van der Waals surface area contributed by atoms with Crippen LogP contribution in [0.4, 0.5) is 4.79 Å². The van der Waals surface area contributed by atoms with Gasteiger partial charge in [-0.05, 0) is 54.4 Å². The number of ether oxygens (including phenoxy) is 1. The third-order valence-electron chi connectivity index (χ3n) is 7.17. The highest BCUT2D eigenvalue weighted by Gasteiger charge is 2.46. The van der Waals surface area contributed by atoms with E-state index in [2.05, 4.69) is 17.4 Å². The van der Waals surface area contributed by atoms with Crippen molar-refractivity contribution in [1.29, 1.82) is 0 Å². The number of carboxylic acids is 1. The number of carbonyl (C=O) groups is 3. The summed E-state index contributed by atoms with van der Waals surface area (Å²) in [6.45, 7) is 5.74. The summed E-state index contributed by atoms with van der Waals surface area (Å²) in [5.41, 5.74) is 3.23. The minimum Gasteiger partial charge on any atom is -0.480 e. The van der Waals surface area contributed by atoms with Crippen LogP contribution >= 0.6 is 0 Å². The largest absolute Gasteiger partial charge is 0.480 e. The lowest BCUT2D eigenvalue weighted by molar-refractivity contribution is -0.162. The van der Waals surface area contributed by atoms with Crippen LogP contribution in [0.5, 0.6) is 0 Å². The number of rotatable bonds is 6. The molecule has 0 radical (unpaired) electrons. The van der Waals surface area contributed by atoms with Crippen LogP contribution < -0.4 is 5.32 Å². The van der Waals surface area contributed by atoms with E-state index in [1.54, 1.807) is 6.92 Å². The van der Waals surface area contributed by atoms with E-state index in [0.29, 0.717) is 13.0 Å². The highest BCUT2D eigenvalue weighted by Crippen LogP contribution is 2.44. The standard InChI is InChI=1S/C27H32N2O5/c1-17(2)23(24(30)29-15-9-8-14-27(29,3)25(31)32)28-26(33)34-16-22-20-12-6-4-10-18(20)19-11-5-7-13-21(19)22/h4-7,10-13,17,22-23H,8-9,14-16H2,1-3H3,(H,28,33)(H,31,32). The molecule has 4 rings (SSSR count). The summed E-state index contributed by atoms with van der Waals surface area (Å²) in [5.74, 6) is -1.71. The lowest BCUT2D eigenvalue weighted by atomic mass is 9.87. The SMILES string of the molecule is CC(C)C(NC(=O)OCC1c2ccccc2-c2ccccc21)C(=O)N1CCCCC1(C)C(=O)O. The Balaban J connectivity index is 1.46. The number of hydrogen-bond acceptors (Lipinski definition) is 4. The fourth-order valence-corrected chi connectivity index (χ4v) is 5.15. The van der Waals surface area contributed by atoms with E-state index in [0.717, 1.165) is 35.1 Å². The normalized spacial score (nSPS) is 20.4. The Morgan fingerprint density at radius 1 is 1.06 bits per heavy atom. The molecule has 34 heavy (non-hydrogen) atoms. The van der Waals surface area contributed by atoms with Crippen molar-refractivity contribution in [3.63, 3.8) is 0 Å². The van der Waals surface area contributed by atoms with Gasteiger partial charge >= 0.3 is 12.1 Å². The molecule has 2 atom stereocenters. The van der Waals surface area contributed by atoms with E-state index in [4.69, 9.17) is 4.74 Å². The molecule has 2 aromatic rings. The Labute approximate surface area is 200 Å². The van der Waals surface area contributed by atoms with Gasteiger partial charge in [0, 0.05) is 12.5 Å². The number of carboxylic acid groups (broad SMARTS) is 1. The molecule has 7 nitrogen and oxygen atoms in total. The minimum atomic E-state index is -1.27. The predicted molar refractivity (Wildman–Crippen MR) is 128 cm³/mol. The summed E-state index contributed by atoms with van der Waals surface area (Å²) in [6, 6.07) is 15.3. The first-order valence-electron chi connectivity index (χ1n) is 11.9. The fraction of sp³-hybridized carbons (Fsp3) is 0.444. The quantitative estimate of drug-likeness (QED) is 0.660. The van der Waals surface area contributed by atoms with Crippen molar-refractivity contribution >= 4 is 18.0 Å². The Bertz CT molecular complexity index is 1050. The van der Waals surface area contributed by atoms with Crippen molar-refractivity contribution in [3.05, 3.63) is 59.7 Å². The van der Waals surface area contributed by atoms with E-state index in [9.17, 15) is 19.5 Å². The van der Waals surface area contributed by atoms with Gasteiger partial charge < -0.3 is 20.1 Å². The van der Waals surface area contributed by atoms with Crippen LogP contribution in [-0.2, 0) is 14.3 Å². The van der Waals surface area contributed by atoms with Crippen LogP contribution in [-0.4, -0.2) is 52.7 Å². The van der Waals surface area contributed by atoms with Gasteiger partial charge in [0.15, 0.2) is 0 Å². The summed E-state index contributed by atoms with van der Waals surface area (Å²) < 4.78 is 5.62. The van der Waals surface area contributed by atoms with Gasteiger partial charge in [-0.25, -0.2) is 9.59 Å². The molecule has 0 bridgehead atoms. The first kappa shape index (κ1) is 23.8. The van der Waals surface area contributed by atoms with Crippen LogP contribution in [0, 0.1) is 5.92 Å². The molecule has 1 heterocycles. The number of hydrogen-bond donors (Lipinski definition) is 2. The molecule has 2 N–H and O–H groups in total. The second kappa shape index (κ2) is 9.49. The number of aliphatic carboxylic acids is 1. The molecule has 2 aromatic carbocycles. The number of likely N-dealkylation sites (tertiary alicyclic amines) is 1. The lowest BCUT2D eigenvalue weighted by Gasteiger charge is -2.43. The van der Waals surface area contributed by atoms with Crippen LogP contribution in [0.1, 0.15) is 57.1 Å². The smallest absolute Gasteiger partial charge is 0.407 e.